The van der Waals surface area contributed by atoms with Gasteiger partial charge in [-0.15, -0.1) is 11.3 Å². The molecule has 2 aromatic heterocycles. The third-order valence-corrected chi connectivity index (χ3v) is 5.85. The number of oxime groups is 1. The van der Waals surface area contributed by atoms with Crippen molar-refractivity contribution in [3.05, 3.63) is 85.9 Å². The fraction of sp³-hybridized carbons (Fsp3) is 0.190. The average Bonchev–Trinajstić information content (AvgIpc) is 3.36. The Morgan fingerprint density at radius 3 is 2.71 bits per heavy atom. The molecule has 1 aromatic carbocycles. The van der Waals surface area contributed by atoms with E-state index in [9.17, 15) is 9.59 Å². The Kier molecular flexibility index (Phi) is 5.41. The van der Waals surface area contributed by atoms with Crippen molar-refractivity contribution in [1.82, 2.24) is 4.57 Å². The van der Waals surface area contributed by atoms with E-state index < -0.39 is 0 Å². The Morgan fingerprint density at radius 2 is 2.00 bits per heavy atom. The maximum absolute atomic E-state index is 12.2. The van der Waals surface area contributed by atoms with Crippen LogP contribution in [0.5, 0.6) is 0 Å². The van der Waals surface area contributed by atoms with Gasteiger partial charge in [0.1, 0.15) is 6.10 Å². The zero-order valence-electron chi connectivity index (χ0n) is 14.9. The Bertz CT molecular complexity index is 1090. The number of hydrogen-bond donors (Lipinski definition) is 0. The number of pyridine rings is 1. The SMILES string of the molecule is O=C(CCC1CC(c2ccc(-n3ccccc3=O)cc2)=NO1)c1ccc(Cl)s1. The van der Waals surface area contributed by atoms with Crippen molar-refractivity contribution in [3.8, 4) is 5.69 Å². The lowest BCUT2D eigenvalue weighted by Gasteiger charge is -2.07. The zero-order chi connectivity index (χ0) is 19.5. The second-order valence-corrected chi connectivity index (χ2v) is 8.21. The molecule has 0 radical (unpaired) electrons. The minimum Gasteiger partial charge on any atom is -0.392 e. The molecule has 28 heavy (non-hydrogen) atoms. The maximum Gasteiger partial charge on any atom is 0.255 e. The summed E-state index contributed by atoms with van der Waals surface area (Å²) in [5, 5.41) is 4.18. The monoisotopic (exact) mass is 412 g/mol. The molecule has 0 N–H and O–H groups in total. The number of aromatic nitrogens is 1. The summed E-state index contributed by atoms with van der Waals surface area (Å²) in [6.45, 7) is 0. The molecule has 0 bridgehead atoms. The molecule has 1 unspecified atom stereocenters. The fourth-order valence-electron chi connectivity index (χ4n) is 3.09. The van der Waals surface area contributed by atoms with E-state index in [1.807, 2.05) is 30.3 Å². The fourth-order valence-corrected chi connectivity index (χ4v) is 4.10. The van der Waals surface area contributed by atoms with Crippen LogP contribution < -0.4 is 5.56 Å². The van der Waals surface area contributed by atoms with E-state index >= 15 is 0 Å². The third-order valence-electron chi connectivity index (χ3n) is 4.58. The smallest absolute Gasteiger partial charge is 0.255 e. The summed E-state index contributed by atoms with van der Waals surface area (Å²) in [5.74, 6) is 0.0756. The zero-order valence-corrected chi connectivity index (χ0v) is 16.4. The number of hydrogen-bond acceptors (Lipinski definition) is 5. The van der Waals surface area contributed by atoms with E-state index in [0.29, 0.717) is 28.5 Å². The molecule has 3 heterocycles. The number of carbonyl (C=O) groups excluding carboxylic acids is 1. The number of thiophene rings is 1. The van der Waals surface area contributed by atoms with Crippen LogP contribution in [-0.4, -0.2) is 22.2 Å². The van der Waals surface area contributed by atoms with Gasteiger partial charge in [-0.2, -0.15) is 0 Å². The number of halogens is 1. The van der Waals surface area contributed by atoms with Crippen molar-refractivity contribution in [1.29, 1.82) is 0 Å². The van der Waals surface area contributed by atoms with Gasteiger partial charge in [-0.3, -0.25) is 14.2 Å². The Labute approximate surface area is 170 Å². The molecule has 1 aliphatic heterocycles. The van der Waals surface area contributed by atoms with Gasteiger partial charge in [0.05, 0.1) is 14.9 Å². The molecule has 0 amide bonds. The van der Waals surface area contributed by atoms with Gasteiger partial charge < -0.3 is 4.84 Å². The normalized spacial score (nSPS) is 15.9. The molecule has 7 heteroatoms. The minimum atomic E-state index is -0.106. The Hall–Kier alpha value is -2.70. The van der Waals surface area contributed by atoms with Gasteiger partial charge in [-0.05, 0) is 42.3 Å². The average molecular weight is 413 g/mol. The maximum atomic E-state index is 12.2. The van der Waals surface area contributed by atoms with Crippen molar-refractivity contribution in [3.63, 3.8) is 0 Å². The molecule has 0 spiro atoms. The summed E-state index contributed by atoms with van der Waals surface area (Å²) >= 11 is 7.18. The standard InChI is InChI=1S/C21H17ClN2O3S/c22-20-11-10-19(28-20)18(25)9-8-16-13-17(23-27-16)14-4-6-15(7-5-14)24-12-2-1-3-21(24)26/h1-7,10-12,16H,8-9,13H2. The van der Waals surface area contributed by atoms with Crippen molar-refractivity contribution < 1.29 is 9.63 Å². The van der Waals surface area contributed by atoms with Crippen LogP contribution in [0.3, 0.4) is 0 Å². The molecule has 3 aromatic rings. The van der Waals surface area contributed by atoms with Crippen LogP contribution in [-0.2, 0) is 4.84 Å². The largest absolute Gasteiger partial charge is 0.392 e. The van der Waals surface area contributed by atoms with Gasteiger partial charge in [-0.25, -0.2) is 0 Å². The van der Waals surface area contributed by atoms with Crippen LogP contribution >= 0.6 is 22.9 Å². The van der Waals surface area contributed by atoms with Gasteiger partial charge in [0, 0.05) is 30.8 Å². The summed E-state index contributed by atoms with van der Waals surface area (Å²) in [6, 6.07) is 16.2. The molecular formula is C21H17ClN2O3S. The third kappa shape index (κ3) is 4.08. The molecular weight excluding hydrogens is 396 g/mol. The lowest BCUT2D eigenvalue weighted by molar-refractivity contribution is 0.0720. The summed E-state index contributed by atoms with van der Waals surface area (Å²) in [7, 11) is 0. The van der Waals surface area contributed by atoms with E-state index in [4.69, 9.17) is 16.4 Å². The van der Waals surface area contributed by atoms with Crippen molar-refractivity contribution in [2.45, 2.75) is 25.4 Å². The first-order valence-electron chi connectivity index (χ1n) is 8.90. The molecule has 0 saturated heterocycles. The van der Waals surface area contributed by atoms with E-state index in [1.165, 1.54) is 17.4 Å². The van der Waals surface area contributed by atoms with Crippen LogP contribution in [0.1, 0.15) is 34.5 Å². The van der Waals surface area contributed by atoms with Gasteiger partial charge in [0.25, 0.3) is 5.56 Å². The van der Waals surface area contributed by atoms with Crippen LogP contribution in [0.4, 0.5) is 0 Å². The lowest BCUT2D eigenvalue weighted by Crippen LogP contribution is -2.15. The predicted molar refractivity (Wildman–Crippen MR) is 111 cm³/mol. The second kappa shape index (κ2) is 8.12. The Balaban J connectivity index is 1.36. The number of benzene rings is 1. The van der Waals surface area contributed by atoms with Gasteiger partial charge in [-0.1, -0.05) is 35.0 Å². The highest BCUT2D eigenvalue weighted by Crippen LogP contribution is 2.25. The van der Waals surface area contributed by atoms with Crippen molar-refractivity contribution in [2.24, 2.45) is 5.16 Å². The molecule has 5 nitrogen and oxygen atoms in total. The highest BCUT2D eigenvalue weighted by Gasteiger charge is 2.23. The Morgan fingerprint density at radius 1 is 1.18 bits per heavy atom. The molecule has 0 saturated carbocycles. The number of carbonyl (C=O) groups is 1. The number of nitrogens with zero attached hydrogens (tertiary/aromatic N) is 2. The van der Waals surface area contributed by atoms with Crippen LogP contribution in [0.15, 0.2) is 70.7 Å². The second-order valence-electron chi connectivity index (χ2n) is 6.49. The van der Waals surface area contributed by atoms with Gasteiger partial charge in [0.2, 0.25) is 0 Å². The van der Waals surface area contributed by atoms with E-state index in [2.05, 4.69) is 5.16 Å². The first kappa shape index (κ1) is 18.7. The summed E-state index contributed by atoms with van der Waals surface area (Å²) < 4.78 is 2.20. The molecule has 0 aliphatic carbocycles. The summed E-state index contributed by atoms with van der Waals surface area (Å²) in [5.41, 5.74) is 2.52. The quantitative estimate of drug-likeness (QED) is 0.551. The molecule has 142 valence electrons. The molecule has 1 aliphatic rings. The highest BCUT2D eigenvalue weighted by molar-refractivity contribution is 7.18. The summed E-state index contributed by atoms with van der Waals surface area (Å²) in [6.07, 6.45) is 3.30. The number of rotatable bonds is 6. The number of Topliss-reactive ketones (excluding diaryl/α,β-unsaturated/α-hetero) is 1. The van der Waals surface area contributed by atoms with Gasteiger partial charge in [0.15, 0.2) is 5.78 Å². The van der Waals surface area contributed by atoms with E-state index in [-0.39, 0.29) is 17.4 Å². The summed E-state index contributed by atoms with van der Waals surface area (Å²) in [4.78, 5) is 30.3. The van der Waals surface area contributed by atoms with E-state index in [1.54, 1.807) is 29.0 Å². The predicted octanol–water partition coefficient (Wildman–Crippen LogP) is 4.71. The van der Waals surface area contributed by atoms with Crippen molar-refractivity contribution >= 4 is 34.4 Å². The highest BCUT2D eigenvalue weighted by atomic mass is 35.5. The molecule has 0 fully saturated rings. The minimum absolute atomic E-state index is 0.0754. The van der Waals surface area contributed by atoms with Crippen LogP contribution in [0, 0.1) is 0 Å². The van der Waals surface area contributed by atoms with Crippen LogP contribution in [0.2, 0.25) is 4.34 Å². The van der Waals surface area contributed by atoms with Gasteiger partial charge >= 0.3 is 0 Å². The molecule has 1 atom stereocenters. The molecule has 4 rings (SSSR count). The van der Waals surface area contributed by atoms with E-state index in [0.717, 1.165) is 17.0 Å². The number of ketones is 1. The lowest BCUT2D eigenvalue weighted by atomic mass is 10.0. The van der Waals surface area contributed by atoms with Crippen LogP contribution in [0.25, 0.3) is 5.69 Å². The van der Waals surface area contributed by atoms with Crippen molar-refractivity contribution in [2.75, 3.05) is 0 Å². The first-order chi connectivity index (χ1) is 13.6. The topological polar surface area (TPSA) is 60.7 Å². The first-order valence-corrected chi connectivity index (χ1v) is 10.1.